The molecular formula is C15H21NO5S. The molecular weight excluding hydrogens is 306 g/mol. The highest BCUT2D eigenvalue weighted by Crippen LogP contribution is 2.11. The molecule has 7 heteroatoms. The Balaban J connectivity index is 0.000000360. The van der Waals surface area contributed by atoms with Crippen LogP contribution in [0.3, 0.4) is 0 Å². The van der Waals surface area contributed by atoms with Crippen LogP contribution >= 0.6 is 0 Å². The molecule has 0 amide bonds. The molecule has 0 radical (unpaired) electrons. The summed E-state index contributed by atoms with van der Waals surface area (Å²) in [4.78, 5) is 10.0. The van der Waals surface area contributed by atoms with Crippen LogP contribution in [0.25, 0.3) is 10.8 Å². The number of rotatable bonds is 3. The number of hydrogen-bond donors (Lipinski definition) is 2. The van der Waals surface area contributed by atoms with E-state index in [1.165, 1.54) is 17.8 Å². The number of hydrogen-bond acceptors (Lipinski definition) is 5. The lowest BCUT2D eigenvalue weighted by Gasteiger charge is -1.97. The molecule has 2 aromatic carbocycles. The van der Waals surface area contributed by atoms with Crippen molar-refractivity contribution in [2.45, 2.75) is 6.92 Å². The summed E-state index contributed by atoms with van der Waals surface area (Å²) in [5.41, 5.74) is 4.50. The lowest BCUT2D eigenvalue weighted by atomic mass is 10.1. The highest BCUT2D eigenvalue weighted by atomic mass is 32.2. The molecule has 122 valence electrons. The molecule has 6 nitrogen and oxygen atoms in total. The molecule has 0 aliphatic heterocycles. The van der Waals surface area contributed by atoms with Gasteiger partial charge in [-0.05, 0) is 17.8 Å². The summed E-state index contributed by atoms with van der Waals surface area (Å²) < 4.78 is 32.3. The fourth-order valence-corrected chi connectivity index (χ4v) is 1.72. The standard InChI is InChI=1S/C10H8.C4H8O5S.CH5N/c1-2-6-10-8-4-3-7-9(10)5-1;1-4(5)9-2-3-10(6,7)8;1-2/h1-8H;2-3H2,1H3,(H,6,7,8);2H2,1H3. The molecule has 0 aliphatic carbocycles. The van der Waals surface area contributed by atoms with Crippen LogP contribution in [0.15, 0.2) is 48.5 Å². The van der Waals surface area contributed by atoms with E-state index >= 15 is 0 Å². The minimum absolute atomic E-state index is 0.297. The van der Waals surface area contributed by atoms with Crippen LogP contribution in [-0.2, 0) is 19.6 Å². The Morgan fingerprint density at radius 2 is 1.41 bits per heavy atom. The monoisotopic (exact) mass is 327 g/mol. The largest absolute Gasteiger partial charge is 0.465 e. The zero-order valence-corrected chi connectivity index (χ0v) is 13.4. The van der Waals surface area contributed by atoms with Crippen molar-refractivity contribution in [2.75, 3.05) is 19.4 Å². The van der Waals surface area contributed by atoms with Crippen LogP contribution in [-0.4, -0.2) is 38.3 Å². The number of esters is 1. The van der Waals surface area contributed by atoms with E-state index < -0.39 is 21.8 Å². The van der Waals surface area contributed by atoms with Gasteiger partial charge in [-0.3, -0.25) is 9.35 Å². The van der Waals surface area contributed by atoms with Crippen LogP contribution in [0, 0.1) is 0 Å². The van der Waals surface area contributed by atoms with Crippen molar-refractivity contribution in [1.82, 2.24) is 0 Å². The fourth-order valence-electron chi connectivity index (χ4n) is 1.42. The van der Waals surface area contributed by atoms with E-state index in [1.807, 2.05) is 0 Å². The van der Waals surface area contributed by atoms with Gasteiger partial charge in [0.05, 0.1) is 0 Å². The summed E-state index contributed by atoms with van der Waals surface area (Å²) in [6.07, 6.45) is 0. The normalized spacial score (nSPS) is 9.82. The minimum atomic E-state index is -4.00. The molecule has 0 fully saturated rings. The second-order valence-electron chi connectivity index (χ2n) is 3.97. The van der Waals surface area contributed by atoms with E-state index in [0.29, 0.717) is 0 Å². The quantitative estimate of drug-likeness (QED) is 0.658. The maximum absolute atomic E-state index is 10.0. The molecule has 0 saturated carbocycles. The molecule has 0 aliphatic rings. The van der Waals surface area contributed by atoms with Gasteiger partial charge >= 0.3 is 5.97 Å². The highest BCUT2D eigenvalue weighted by molar-refractivity contribution is 7.85. The lowest BCUT2D eigenvalue weighted by molar-refractivity contribution is -0.140. The van der Waals surface area contributed by atoms with Crippen molar-refractivity contribution in [3.8, 4) is 0 Å². The van der Waals surface area contributed by atoms with Crippen molar-refractivity contribution in [1.29, 1.82) is 0 Å². The third kappa shape index (κ3) is 9.87. The van der Waals surface area contributed by atoms with Gasteiger partial charge in [0, 0.05) is 6.92 Å². The van der Waals surface area contributed by atoms with E-state index in [2.05, 4.69) is 59.0 Å². The molecule has 0 bridgehead atoms. The summed E-state index contributed by atoms with van der Waals surface area (Å²) in [5, 5.41) is 2.62. The van der Waals surface area contributed by atoms with E-state index in [1.54, 1.807) is 0 Å². The van der Waals surface area contributed by atoms with Gasteiger partial charge in [0.25, 0.3) is 10.1 Å². The number of benzene rings is 2. The SMILES string of the molecule is CC(=O)OCCS(=O)(=O)O.CN.c1ccc2ccccc2c1. The summed E-state index contributed by atoms with van der Waals surface area (Å²) in [6, 6.07) is 16.7. The summed E-state index contributed by atoms with van der Waals surface area (Å²) in [5.74, 6) is -1.12. The van der Waals surface area contributed by atoms with Gasteiger partial charge in [-0.2, -0.15) is 8.42 Å². The first kappa shape index (κ1) is 20.0. The van der Waals surface area contributed by atoms with Gasteiger partial charge in [-0.1, -0.05) is 48.5 Å². The van der Waals surface area contributed by atoms with E-state index in [-0.39, 0.29) is 6.61 Å². The molecule has 0 saturated heterocycles. The molecule has 0 spiro atoms. The van der Waals surface area contributed by atoms with Crippen molar-refractivity contribution in [2.24, 2.45) is 5.73 Å². The smallest absolute Gasteiger partial charge is 0.302 e. The molecule has 0 atom stereocenters. The predicted molar refractivity (Wildman–Crippen MR) is 87.1 cm³/mol. The number of nitrogens with two attached hydrogens (primary N) is 1. The Labute approximate surface area is 130 Å². The highest BCUT2D eigenvalue weighted by Gasteiger charge is 2.04. The van der Waals surface area contributed by atoms with E-state index in [0.717, 1.165) is 6.92 Å². The molecule has 2 aromatic rings. The van der Waals surface area contributed by atoms with Crippen LogP contribution < -0.4 is 5.73 Å². The van der Waals surface area contributed by atoms with Crippen molar-refractivity contribution < 1.29 is 22.5 Å². The lowest BCUT2D eigenvalue weighted by Crippen LogP contribution is -2.12. The minimum Gasteiger partial charge on any atom is -0.465 e. The number of ether oxygens (including phenoxy) is 1. The van der Waals surface area contributed by atoms with Gasteiger partial charge in [0.15, 0.2) is 0 Å². The first-order chi connectivity index (χ1) is 10.4. The number of fused-ring (bicyclic) bond motifs is 1. The molecule has 0 aromatic heterocycles. The third-order valence-electron chi connectivity index (χ3n) is 2.31. The van der Waals surface area contributed by atoms with Gasteiger partial charge < -0.3 is 10.5 Å². The zero-order valence-electron chi connectivity index (χ0n) is 12.6. The first-order valence-corrected chi connectivity index (χ1v) is 8.09. The van der Waals surface area contributed by atoms with Gasteiger partial charge in [-0.25, -0.2) is 0 Å². The zero-order chi connectivity index (χ0) is 17.0. The Kier molecular flexibility index (Phi) is 9.77. The molecule has 2 rings (SSSR count). The Hall–Kier alpha value is -1.96. The Bertz CT molecular complexity index is 605. The summed E-state index contributed by atoms with van der Waals surface area (Å²) in [6.45, 7) is 0.859. The molecule has 0 unspecified atom stereocenters. The van der Waals surface area contributed by atoms with Crippen LogP contribution in [0.2, 0.25) is 0 Å². The maximum atomic E-state index is 10.0. The topological polar surface area (TPSA) is 107 Å². The fraction of sp³-hybridized carbons (Fsp3) is 0.267. The summed E-state index contributed by atoms with van der Waals surface area (Å²) >= 11 is 0. The Morgan fingerprint density at radius 3 is 1.68 bits per heavy atom. The van der Waals surface area contributed by atoms with Crippen LogP contribution in [0.5, 0.6) is 0 Å². The van der Waals surface area contributed by atoms with Gasteiger partial charge in [-0.15, -0.1) is 0 Å². The van der Waals surface area contributed by atoms with Gasteiger partial charge in [0.2, 0.25) is 0 Å². The summed E-state index contributed by atoms with van der Waals surface area (Å²) in [7, 11) is -2.50. The first-order valence-electron chi connectivity index (χ1n) is 6.48. The number of carbonyl (C=O) groups is 1. The van der Waals surface area contributed by atoms with E-state index in [4.69, 9.17) is 4.55 Å². The van der Waals surface area contributed by atoms with E-state index in [9.17, 15) is 13.2 Å². The molecule has 0 heterocycles. The molecule has 3 N–H and O–H groups in total. The van der Waals surface area contributed by atoms with Crippen molar-refractivity contribution in [3.05, 3.63) is 48.5 Å². The molecule has 22 heavy (non-hydrogen) atoms. The second kappa shape index (κ2) is 10.7. The average Bonchev–Trinajstić information content (AvgIpc) is 2.48. The van der Waals surface area contributed by atoms with Crippen LogP contribution in [0.4, 0.5) is 0 Å². The van der Waals surface area contributed by atoms with Crippen molar-refractivity contribution >= 4 is 26.9 Å². The average molecular weight is 327 g/mol. The predicted octanol–water partition coefficient (Wildman–Crippen LogP) is 1.85. The second-order valence-corrected chi connectivity index (χ2v) is 5.55. The van der Waals surface area contributed by atoms with Gasteiger partial charge in [0.1, 0.15) is 12.4 Å². The van der Waals surface area contributed by atoms with Crippen molar-refractivity contribution in [3.63, 3.8) is 0 Å². The number of carbonyl (C=O) groups excluding carboxylic acids is 1. The third-order valence-corrected chi connectivity index (χ3v) is 2.99. The van der Waals surface area contributed by atoms with Crippen LogP contribution in [0.1, 0.15) is 6.92 Å². The Morgan fingerprint density at radius 1 is 1.05 bits per heavy atom. The maximum Gasteiger partial charge on any atom is 0.302 e.